The van der Waals surface area contributed by atoms with Crippen LogP contribution in [0.1, 0.15) is 91.9 Å². The topological polar surface area (TPSA) is 175 Å². The summed E-state index contributed by atoms with van der Waals surface area (Å²) in [7, 11) is -0.372. The lowest BCUT2D eigenvalue weighted by Crippen LogP contribution is -2.63. The van der Waals surface area contributed by atoms with Crippen molar-refractivity contribution < 1.29 is 24.2 Å². The van der Waals surface area contributed by atoms with Crippen LogP contribution in [0.25, 0.3) is 0 Å². The van der Waals surface area contributed by atoms with Gasteiger partial charge in [0.05, 0.1) is 0 Å². The molecule has 0 aliphatic carbocycles. The molecule has 6 heterocycles. The predicted molar refractivity (Wildman–Crippen MR) is 216 cm³/mol. The molecular weight excluding hydrogens is 699 g/mol. The maximum absolute atomic E-state index is 12.9. The van der Waals surface area contributed by atoms with Crippen molar-refractivity contribution in [2.75, 3.05) is 91.6 Å². The van der Waals surface area contributed by atoms with E-state index in [1.165, 1.54) is 12.8 Å². The smallest absolute Gasteiger partial charge is 0.376 e. The molecule has 0 spiro atoms. The minimum atomic E-state index is -0.372. The number of hydrogen-bond acceptors (Lipinski definition) is 9. The van der Waals surface area contributed by atoms with E-state index in [-0.39, 0.29) is 54.1 Å². The molecule has 0 bridgehead atoms. The molecule has 0 aromatic rings. The summed E-state index contributed by atoms with van der Waals surface area (Å²) in [5.41, 5.74) is 11.1. The molecule has 6 aliphatic heterocycles. The third-order valence-corrected chi connectivity index (χ3v) is 14.3. The van der Waals surface area contributed by atoms with E-state index in [1.807, 2.05) is 6.82 Å². The zero-order chi connectivity index (χ0) is 39.9. The number of nitrogens with one attached hydrogen (secondary N) is 1. The van der Waals surface area contributed by atoms with Crippen molar-refractivity contribution in [1.82, 2.24) is 39.5 Å². The van der Waals surface area contributed by atoms with Crippen molar-refractivity contribution >= 4 is 30.9 Å². The first-order valence-corrected chi connectivity index (χ1v) is 21.4. The van der Waals surface area contributed by atoms with Crippen molar-refractivity contribution in [1.29, 1.82) is 0 Å². The third kappa shape index (κ3) is 11.3. The number of likely N-dealkylation sites (tertiary alicyclic amines) is 2. The highest BCUT2D eigenvalue weighted by molar-refractivity contribution is 6.45. The number of nitrogens with two attached hydrogens (primary N) is 2. The highest BCUT2D eigenvalue weighted by atomic mass is 16.2. The highest BCUT2D eigenvalue weighted by Gasteiger charge is 2.42. The molecular formula is C39H73BN10O5. The van der Waals surface area contributed by atoms with Gasteiger partial charge in [-0.25, -0.2) is 9.59 Å². The van der Waals surface area contributed by atoms with E-state index in [1.54, 1.807) is 9.80 Å². The second kappa shape index (κ2) is 19.2. The Hall–Kier alpha value is -2.66. The largest absolute Gasteiger partial charge is 0.437 e. The SMILES string of the molecule is CB(O)N1CCC(C)(N2CCN(C(=O)CC3CCN(C(N)=O)CC3)[C@@H](C)C2)CC1.C[C@H]1CN(C2(C)CCNCC2)CCN1C(=O)CC1CCN(C(N)=O)CC1. The molecule has 312 valence electrons. The molecule has 6 aliphatic rings. The van der Waals surface area contributed by atoms with E-state index >= 15 is 0 Å². The van der Waals surface area contributed by atoms with Gasteiger partial charge in [0.25, 0.3) is 0 Å². The Balaban J connectivity index is 0.000000212. The summed E-state index contributed by atoms with van der Waals surface area (Å²) >= 11 is 0. The van der Waals surface area contributed by atoms with E-state index in [0.717, 1.165) is 104 Å². The first-order valence-electron chi connectivity index (χ1n) is 21.4. The van der Waals surface area contributed by atoms with Crippen molar-refractivity contribution in [3.63, 3.8) is 0 Å². The first-order chi connectivity index (χ1) is 26.1. The maximum Gasteiger partial charge on any atom is 0.376 e. The van der Waals surface area contributed by atoms with E-state index in [0.29, 0.717) is 50.9 Å². The van der Waals surface area contributed by atoms with Crippen molar-refractivity contribution in [2.45, 2.75) is 122 Å². The van der Waals surface area contributed by atoms with Crippen LogP contribution in [0.5, 0.6) is 0 Å². The number of rotatable bonds is 7. The highest BCUT2D eigenvalue weighted by Crippen LogP contribution is 2.32. The second-order valence-electron chi connectivity index (χ2n) is 18.1. The fourth-order valence-corrected chi connectivity index (χ4v) is 10.1. The van der Waals surface area contributed by atoms with Gasteiger partial charge in [0.15, 0.2) is 0 Å². The van der Waals surface area contributed by atoms with Gasteiger partial charge in [-0.15, -0.1) is 0 Å². The summed E-state index contributed by atoms with van der Waals surface area (Å²) in [4.78, 5) is 63.1. The number of hydrogen-bond donors (Lipinski definition) is 4. The minimum absolute atomic E-state index is 0.149. The van der Waals surface area contributed by atoms with Crippen LogP contribution in [0.3, 0.4) is 0 Å². The summed E-state index contributed by atoms with van der Waals surface area (Å²) in [5.74, 6) is 1.27. The number of urea groups is 2. The van der Waals surface area contributed by atoms with E-state index in [4.69, 9.17) is 11.5 Å². The van der Waals surface area contributed by atoms with Crippen molar-refractivity contribution in [3.05, 3.63) is 0 Å². The standard InChI is InChI=1S/C20H38BN5O3.C19H35N5O2/c1-16-15-24(20(2)6-10-25(11-7-20)21(3)29)12-13-26(16)18(27)14-17-4-8-23(9-5-17)19(22)28;1-15-14-23(19(2)5-7-21-8-6-19)11-12-24(15)17(25)13-16-3-9-22(10-4-16)18(20)26/h16-17,29H,4-15H2,1-3H3,(H2,22,28);15-16,21H,3-14H2,1-2H3,(H2,20,26)/t16-;15-/m00/s1. The Morgan fingerprint density at radius 1 is 0.636 bits per heavy atom. The molecule has 6 N–H and O–H groups in total. The normalized spacial score (nSPS) is 27.6. The van der Waals surface area contributed by atoms with Crippen LogP contribution in [-0.2, 0) is 9.59 Å². The number of nitrogens with zero attached hydrogens (tertiary/aromatic N) is 7. The van der Waals surface area contributed by atoms with Gasteiger partial charge < -0.3 is 46.2 Å². The third-order valence-electron chi connectivity index (χ3n) is 14.3. The summed E-state index contributed by atoms with van der Waals surface area (Å²) in [5, 5.41) is 13.3. The summed E-state index contributed by atoms with van der Waals surface area (Å²) in [6, 6.07) is -0.208. The van der Waals surface area contributed by atoms with Crippen LogP contribution < -0.4 is 16.8 Å². The molecule has 6 fully saturated rings. The summed E-state index contributed by atoms with van der Waals surface area (Å²) in [6.07, 6.45) is 9.16. The lowest BCUT2D eigenvalue weighted by Gasteiger charge is -2.52. The lowest BCUT2D eigenvalue weighted by molar-refractivity contribution is -0.139. The van der Waals surface area contributed by atoms with Crippen molar-refractivity contribution in [2.24, 2.45) is 23.3 Å². The summed E-state index contributed by atoms with van der Waals surface area (Å²) in [6.45, 7) is 23.0. The van der Waals surface area contributed by atoms with E-state index < -0.39 is 0 Å². The van der Waals surface area contributed by atoms with Gasteiger partial charge in [0.1, 0.15) is 0 Å². The van der Waals surface area contributed by atoms with Crippen LogP contribution in [0.15, 0.2) is 0 Å². The number of amides is 6. The molecule has 55 heavy (non-hydrogen) atoms. The van der Waals surface area contributed by atoms with Crippen LogP contribution in [-0.4, -0.2) is 185 Å². The zero-order valence-corrected chi connectivity index (χ0v) is 34.7. The van der Waals surface area contributed by atoms with Gasteiger partial charge in [-0.1, -0.05) is 0 Å². The first kappa shape index (κ1) is 43.5. The Labute approximate surface area is 330 Å². The number of piperazine rings is 2. The van der Waals surface area contributed by atoms with Crippen LogP contribution in [0.4, 0.5) is 9.59 Å². The molecule has 2 atom stereocenters. The van der Waals surface area contributed by atoms with Crippen LogP contribution in [0, 0.1) is 11.8 Å². The zero-order valence-electron chi connectivity index (χ0n) is 34.7. The number of primary amides is 2. The Bertz CT molecular complexity index is 1300. The molecule has 0 aromatic heterocycles. The number of carbonyl (C=O) groups excluding carboxylic acids is 4. The monoisotopic (exact) mass is 773 g/mol. The number of carbonyl (C=O) groups is 4. The molecule has 6 saturated heterocycles. The predicted octanol–water partition coefficient (Wildman–Crippen LogP) is 1.51. The van der Waals surface area contributed by atoms with Crippen molar-refractivity contribution in [3.8, 4) is 0 Å². The van der Waals surface area contributed by atoms with Gasteiger partial charge in [0.2, 0.25) is 11.8 Å². The second-order valence-corrected chi connectivity index (χ2v) is 18.1. The fourth-order valence-electron chi connectivity index (χ4n) is 10.1. The molecule has 0 radical (unpaired) electrons. The van der Waals surface area contributed by atoms with E-state index in [2.05, 4.69) is 57.4 Å². The van der Waals surface area contributed by atoms with Gasteiger partial charge in [-0.3, -0.25) is 19.4 Å². The van der Waals surface area contributed by atoms with E-state index in [9.17, 15) is 24.2 Å². The quantitative estimate of drug-likeness (QED) is 0.280. The maximum atomic E-state index is 12.9. The minimum Gasteiger partial charge on any atom is -0.437 e. The van der Waals surface area contributed by atoms with Gasteiger partial charge in [-0.05, 0) is 124 Å². The molecule has 6 rings (SSSR count). The molecule has 0 saturated carbocycles. The Morgan fingerprint density at radius 2 is 1.02 bits per heavy atom. The number of piperidine rings is 4. The average Bonchev–Trinajstić information content (AvgIpc) is 3.16. The lowest BCUT2D eigenvalue weighted by atomic mass is 9.78. The molecule has 16 heteroatoms. The summed E-state index contributed by atoms with van der Waals surface area (Å²) < 4.78 is 0. The van der Waals surface area contributed by atoms with Crippen LogP contribution in [0.2, 0.25) is 6.82 Å². The molecule has 15 nitrogen and oxygen atoms in total. The van der Waals surface area contributed by atoms with Gasteiger partial charge >= 0.3 is 19.1 Å². The Kier molecular flexibility index (Phi) is 15.2. The Morgan fingerprint density at radius 3 is 1.36 bits per heavy atom. The average molecular weight is 773 g/mol. The van der Waals surface area contributed by atoms with Gasteiger partial charge in [0, 0.05) is 101 Å². The van der Waals surface area contributed by atoms with Crippen LogP contribution >= 0.6 is 0 Å². The van der Waals surface area contributed by atoms with Gasteiger partial charge in [-0.2, -0.15) is 0 Å². The molecule has 6 amide bonds. The fraction of sp³-hybridized carbons (Fsp3) is 0.897. The molecule has 0 unspecified atom stereocenters. The molecule has 0 aromatic carbocycles.